The fourth-order valence-electron chi connectivity index (χ4n) is 2.69. The molecule has 0 aliphatic heterocycles. The van der Waals surface area contributed by atoms with Crippen LogP contribution in [0.15, 0.2) is 42.5 Å². The number of carbonyl (C=O) groups is 2. The molecular weight excluding hydrogens is 330 g/mol. The zero-order chi connectivity index (χ0) is 19.1. The van der Waals surface area contributed by atoms with Gasteiger partial charge in [0.1, 0.15) is 5.75 Å². The number of rotatable bonds is 8. The Bertz CT molecular complexity index is 768. The van der Waals surface area contributed by atoms with Crippen LogP contribution in [0.5, 0.6) is 5.75 Å². The van der Waals surface area contributed by atoms with Gasteiger partial charge in [-0.25, -0.2) is 4.79 Å². The fourth-order valence-corrected chi connectivity index (χ4v) is 2.69. The van der Waals surface area contributed by atoms with E-state index in [-0.39, 0.29) is 18.4 Å². The van der Waals surface area contributed by atoms with Crippen molar-refractivity contribution in [2.75, 3.05) is 11.9 Å². The molecule has 1 unspecified atom stereocenters. The Morgan fingerprint density at radius 1 is 1.15 bits per heavy atom. The maximum atomic E-state index is 12.4. The molecule has 0 aliphatic carbocycles. The molecule has 0 saturated carbocycles. The number of hydrogen-bond acceptors (Lipinski definition) is 3. The second-order valence-electron chi connectivity index (χ2n) is 6.41. The Morgan fingerprint density at radius 3 is 2.42 bits per heavy atom. The van der Waals surface area contributed by atoms with E-state index in [1.807, 2.05) is 13.8 Å². The Kier molecular flexibility index (Phi) is 6.78. The predicted octanol–water partition coefficient (Wildman–Crippen LogP) is 4.15. The van der Waals surface area contributed by atoms with Gasteiger partial charge in [0.2, 0.25) is 5.91 Å². The average molecular weight is 355 g/mol. The van der Waals surface area contributed by atoms with Crippen LogP contribution in [0, 0.1) is 6.92 Å². The summed E-state index contributed by atoms with van der Waals surface area (Å²) >= 11 is 0. The number of anilines is 1. The van der Waals surface area contributed by atoms with E-state index in [2.05, 4.69) is 36.5 Å². The van der Waals surface area contributed by atoms with Crippen molar-refractivity contribution in [3.63, 3.8) is 0 Å². The summed E-state index contributed by atoms with van der Waals surface area (Å²) in [7, 11) is 0. The monoisotopic (exact) mass is 355 g/mol. The van der Waals surface area contributed by atoms with E-state index < -0.39 is 5.97 Å². The molecule has 0 spiro atoms. The van der Waals surface area contributed by atoms with Gasteiger partial charge < -0.3 is 15.2 Å². The first kappa shape index (κ1) is 19.5. The molecule has 0 radical (unpaired) electrons. The van der Waals surface area contributed by atoms with Gasteiger partial charge in [-0.05, 0) is 54.2 Å². The van der Waals surface area contributed by atoms with Gasteiger partial charge in [0.15, 0.2) is 6.61 Å². The third kappa shape index (κ3) is 5.62. The van der Waals surface area contributed by atoms with Crippen LogP contribution in [0.2, 0.25) is 0 Å². The van der Waals surface area contributed by atoms with Crippen molar-refractivity contribution in [3.05, 3.63) is 59.2 Å². The number of benzene rings is 2. The molecule has 0 bridgehead atoms. The number of amides is 1. The molecule has 5 heteroatoms. The molecule has 2 aromatic rings. The third-order valence-corrected chi connectivity index (χ3v) is 4.28. The molecule has 0 heterocycles. The lowest BCUT2D eigenvalue weighted by atomic mass is 9.96. The maximum Gasteiger partial charge on any atom is 0.341 e. The van der Waals surface area contributed by atoms with Crippen LogP contribution in [0.25, 0.3) is 0 Å². The molecule has 0 fully saturated rings. The Labute approximate surface area is 154 Å². The zero-order valence-corrected chi connectivity index (χ0v) is 15.4. The van der Waals surface area contributed by atoms with Crippen molar-refractivity contribution < 1.29 is 19.4 Å². The molecule has 1 amide bonds. The van der Waals surface area contributed by atoms with E-state index in [0.717, 1.165) is 17.5 Å². The van der Waals surface area contributed by atoms with Gasteiger partial charge in [-0.15, -0.1) is 0 Å². The second-order valence-corrected chi connectivity index (χ2v) is 6.41. The first-order valence-corrected chi connectivity index (χ1v) is 8.73. The Morgan fingerprint density at radius 2 is 1.85 bits per heavy atom. The first-order valence-electron chi connectivity index (χ1n) is 8.73. The van der Waals surface area contributed by atoms with Crippen LogP contribution in [0.3, 0.4) is 0 Å². The predicted molar refractivity (Wildman–Crippen MR) is 102 cm³/mol. The lowest BCUT2D eigenvalue weighted by Crippen LogP contribution is -2.15. The van der Waals surface area contributed by atoms with E-state index in [9.17, 15) is 9.59 Å². The van der Waals surface area contributed by atoms with Crippen molar-refractivity contribution in [1.82, 2.24) is 0 Å². The SMILES string of the molecule is CCc1ccc(C(C)CC(=O)Nc2ccc(OCC(=O)O)cc2C)cc1. The minimum absolute atomic E-state index is 0.0561. The van der Waals surface area contributed by atoms with Crippen LogP contribution in [0.4, 0.5) is 5.69 Å². The molecule has 2 N–H and O–H groups in total. The van der Waals surface area contributed by atoms with E-state index in [1.165, 1.54) is 5.56 Å². The summed E-state index contributed by atoms with van der Waals surface area (Å²) in [5.41, 5.74) is 3.95. The van der Waals surface area contributed by atoms with Gasteiger partial charge in [-0.1, -0.05) is 38.1 Å². The number of ether oxygens (including phenoxy) is 1. The second kappa shape index (κ2) is 9.04. The zero-order valence-electron chi connectivity index (χ0n) is 15.4. The molecule has 0 aliphatic rings. The average Bonchev–Trinajstić information content (AvgIpc) is 2.62. The maximum absolute atomic E-state index is 12.4. The van der Waals surface area contributed by atoms with Gasteiger partial charge in [0.25, 0.3) is 0 Å². The summed E-state index contributed by atoms with van der Waals surface area (Å²) in [5, 5.41) is 11.6. The summed E-state index contributed by atoms with van der Waals surface area (Å²) in [6.45, 7) is 5.61. The lowest BCUT2D eigenvalue weighted by molar-refractivity contribution is -0.139. The third-order valence-electron chi connectivity index (χ3n) is 4.28. The fraction of sp³-hybridized carbons (Fsp3) is 0.333. The molecule has 26 heavy (non-hydrogen) atoms. The molecule has 0 saturated heterocycles. The molecule has 5 nitrogen and oxygen atoms in total. The lowest BCUT2D eigenvalue weighted by Gasteiger charge is -2.14. The highest BCUT2D eigenvalue weighted by molar-refractivity contribution is 5.92. The van der Waals surface area contributed by atoms with Crippen molar-refractivity contribution in [1.29, 1.82) is 0 Å². The van der Waals surface area contributed by atoms with Crippen LogP contribution < -0.4 is 10.1 Å². The minimum atomic E-state index is -1.03. The number of aryl methyl sites for hydroxylation is 2. The quantitative estimate of drug-likeness (QED) is 0.746. The number of nitrogens with one attached hydrogen (secondary N) is 1. The van der Waals surface area contributed by atoms with E-state index in [4.69, 9.17) is 9.84 Å². The normalized spacial score (nSPS) is 11.7. The highest BCUT2D eigenvalue weighted by Crippen LogP contribution is 2.24. The number of aliphatic carboxylic acids is 1. The van der Waals surface area contributed by atoms with Gasteiger partial charge in [-0.2, -0.15) is 0 Å². The highest BCUT2D eigenvalue weighted by Gasteiger charge is 2.13. The summed E-state index contributed by atoms with van der Waals surface area (Å²) < 4.78 is 5.14. The first-order chi connectivity index (χ1) is 12.4. The van der Waals surface area contributed by atoms with E-state index in [1.54, 1.807) is 18.2 Å². The van der Waals surface area contributed by atoms with Crippen molar-refractivity contribution in [2.24, 2.45) is 0 Å². The van der Waals surface area contributed by atoms with Crippen molar-refractivity contribution >= 4 is 17.6 Å². The minimum Gasteiger partial charge on any atom is -0.482 e. The molecule has 2 rings (SSSR count). The van der Waals surface area contributed by atoms with Crippen LogP contribution in [-0.2, 0) is 16.0 Å². The topological polar surface area (TPSA) is 75.6 Å². The van der Waals surface area contributed by atoms with Crippen molar-refractivity contribution in [3.8, 4) is 5.75 Å². The summed E-state index contributed by atoms with van der Waals surface area (Å²) in [5.74, 6) is -0.493. The molecule has 0 aromatic heterocycles. The number of hydrogen-bond donors (Lipinski definition) is 2. The van der Waals surface area contributed by atoms with Crippen LogP contribution in [0.1, 0.15) is 42.9 Å². The van der Waals surface area contributed by atoms with E-state index in [0.29, 0.717) is 17.9 Å². The molecule has 138 valence electrons. The molecule has 2 aromatic carbocycles. The smallest absolute Gasteiger partial charge is 0.341 e. The standard InChI is InChI=1S/C21H25NO4/c1-4-16-5-7-17(8-6-16)14(2)12-20(23)22-19-10-9-18(11-15(19)3)26-13-21(24)25/h5-11,14H,4,12-13H2,1-3H3,(H,22,23)(H,24,25). The number of carbonyl (C=O) groups excluding carboxylic acids is 1. The summed E-state index contributed by atoms with van der Waals surface area (Å²) in [6, 6.07) is 13.5. The summed E-state index contributed by atoms with van der Waals surface area (Å²) in [6.07, 6.45) is 1.39. The van der Waals surface area contributed by atoms with Gasteiger partial charge in [0.05, 0.1) is 0 Å². The Hall–Kier alpha value is -2.82. The van der Waals surface area contributed by atoms with Gasteiger partial charge in [-0.3, -0.25) is 4.79 Å². The van der Waals surface area contributed by atoms with Gasteiger partial charge in [0, 0.05) is 12.1 Å². The van der Waals surface area contributed by atoms with Crippen LogP contribution in [-0.4, -0.2) is 23.6 Å². The highest BCUT2D eigenvalue weighted by atomic mass is 16.5. The number of carboxylic acids is 1. The number of carboxylic acid groups (broad SMARTS) is 1. The Balaban J connectivity index is 1.94. The van der Waals surface area contributed by atoms with Gasteiger partial charge >= 0.3 is 5.97 Å². The van der Waals surface area contributed by atoms with Crippen LogP contribution >= 0.6 is 0 Å². The largest absolute Gasteiger partial charge is 0.482 e. The summed E-state index contributed by atoms with van der Waals surface area (Å²) in [4.78, 5) is 22.9. The molecule has 1 atom stereocenters. The van der Waals surface area contributed by atoms with Crippen molar-refractivity contribution in [2.45, 2.75) is 39.5 Å². The molecular formula is C21H25NO4. The van der Waals surface area contributed by atoms with E-state index >= 15 is 0 Å².